The number of nitrogens with one attached hydrogen (secondary N) is 1. The van der Waals surface area contributed by atoms with Gasteiger partial charge in [-0.05, 0) is 73.6 Å². The van der Waals surface area contributed by atoms with Crippen LogP contribution in [0.3, 0.4) is 0 Å². The molecule has 5 atom stereocenters. The lowest BCUT2D eigenvalue weighted by Crippen LogP contribution is -2.29. The number of carbonyl (C=O) groups excluding carboxylic acids is 1. The molecule has 182 valence electrons. The number of hydrogen-bond acceptors (Lipinski definition) is 5. The van der Waals surface area contributed by atoms with Crippen LogP contribution >= 0.6 is 0 Å². The molecule has 2 heterocycles. The summed E-state index contributed by atoms with van der Waals surface area (Å²) in [5.74, 6) is -0.0569. The lowest BCUT2D eigenvalue weighted by Gasteiger charge is -2.22. The zero-order valence-electron chi connectivity index (χ0n) is 18.5. The van der Waals surface area contributed by atoms with Crippen molar-refractivity contribution in [3.8, 4) is 5.75 Å². The molecule has 0 spiro atoms. The average Bonchev–Trinajstić information content (AvgIpc) is 3.72. The highest BCUT2D eigenvalue weighted by molar-refractivity contribution is 5.93. The van der Waals surface area contributed by atoms with E-state index in [1.807, 2.05) is 0 Å². The Balaban J connectivity index is 1.10. The molecule has 3 aliphatic rings. The van der Waals surface area contributed by atoms with E-state index < -0.39 is 12.0 Å². The van der Waals surface area contributed by atoms with Crippen molar-refractivity contribution in [2.45, 2.75) is 38.0 Å². The van der Waals surface area contributed by atoms with Gasteiger partial charge in [0.15, 0.2) is 0 Å². The van der Waals surface area contributed by atoms with E-state index in [1.165, 1.54) is 12.1 Å². The molecule has 3 saturated carbocycles. The third-order valence-corrected chi connectivity index (χ3v) is 7.45. The first-order valence-corrected chi connectivity index (χ1v) is 11.7. The van der Waals surface area contributed by atoms with Gasteiger partial charge in [-0.1, -0.05) is 0 Å². The van der Waals surface area contributed by atoms with Crippen molar-refractivity contribution < 1.29 is 27.1 Å². The number of carbonyl (C=O) groups is 1. The Morgan fingerprint density at radius 1 is 1.06 bits per heavy atom. The fourth-order valence-corrected chi connectivity index (χ4v) is 5.77. The maximum atomic E-state index is 13.7. The Labute approximate surface area is 198 Å². The third kappa shape index (κ3) is 4.30. The fraction of sp³-hybridized carbons (Fsp3) is 0.440. The summed E-state index contributed by atoms with van der Waals surface area (Å²) >= 11 is 0. The number of halogens is 4. The van der Waals surface area contributed by atoms with E-state index >= 15 is 0 Å². The molecular weight excluding hydrogens is 464 g/mol. The molecule has 0 bridgehead atoms. The number of pyridine rings is 1. The SMILES string of the molecule is O=C(Nc1cnc(C(F)(F)F)nc1)C(C1CC1)[C@H]1[C@@H]2C[C@@H](Oc3ccnc4ccc(F)cc34)C[C@@H]21. The number of ether oxygens (including phenoxy) is 1. The zero-order chi connectivity index (χ0) is 24.3. The Morgan fingerprint density at radius 2 is 1.77 bits per heavy atom. The van der Waals surface area contributed by atoms with Gasteiger partial charge in [-0.25, -0.2) is 14.4 Å². The van der Waals surface area contributed by atoms with Gasteiger partial charge in [0.25, 0.3) is 0 Å². The molecule has 10 heteroatoms. The third-order valence-electron chi connectivity index (χ3n) is 7.45. The Morgan fingerprint density at radius 3 is 2.43 bits per heavy atom. The van der Waals surface area contributed by atoms with Crippen LogP contribution in [-0.4, -0.2) is 27.0 Å². The largest absolute Gasteiger partial charge is 0.490 e. The minimum absolute atomic E-state index is 0.0126. The number of amides is 1. The van der Waals surface area contributed by atoms with E-state index in [0.717, 1.165) is 38.1 Å². The number of anilines is 1. The maximum absolute atomic E-state index is 13.7. The number of nitrogens with zero attached hydrogens (tertiary/aromatic N) is 3. The van der Waals surface area contributed by atoms with Gasteiger partial charge < -0.3 is 10.1 Å². The van der Waals surface area contributed by atoms with Crippen LogP contribution < -0.4 is 10.1 Å². The molecule has 3 aliphatic carbocycles. The minimum Gasteiger partial charge on any atom is -0.490 e. The molecule has 6 nitrogen and oxygen atoms in total. The van der Waals surface area contributed by atoms with Crippen LogP contribution in [0.15, 0.2) is 42.9 Å². The van der Waals surface area contributed by atoms with Gasteiger partial charge in [-0.2, -0.15) is 13.2 Å². The van der Waals surface area contributed by atoms with E-state index in [2.05, 4.69) is 20.3 Å². The number of aromatic nitrogens is 3. The molecule has 2 aromatic heterocycles. The number of fused-ring (bicyclic) bond motifs is 2. The quantitative estimate of drug-likeness (QED) is 0.482. The van der Waals surface area contributed by atoms with Gasteiger partial charge in [0, 0.05) is 17.5 Å². The number of hydrogen-bond donors (Lipinski definition) is 1. The van der Waals surface area contributed by atoms with Gasteiger partial charge in [0.2, 0.25) is 11.7 Å². The van der Waals surface area contributed by atoms with Crippen LogP contribution in [-0.2, 0) is 11.0 Å². The minimum atomic E-state index is -4.63. The zero-order valence-corrected chi connectivity index (χ0v) is 18.5. The number of rotatable bonds is 6. The second kappa shape index (κ2) is 8.13. The summed E-state index contributed by atoms with van der Waals surface area (Å²) in [6.07, 6.45) is 2.59. The van der Waals surface area contributed by atoms with Crippen LogP contribution in [0.5, 0.6) is 5.75 Å². The second-order valence-electron chi connectivity index (χ2n) is 9.73. The van der Waals surface area contributed by atoms with E-state index in [4.69, 9.17) is 4.74 Å². The smallest absolute Gasteiger partial charge is 0.451 e. The molecule has 0 aliphatic heterocycles. The van der Waals surface area contributed by atoms with E-state index in [-0.39, 0.29) is 35.4 Å². The summed E-state index contributed by atoms with van der Waals surface area (Å²) < 4.78 is 58.0. The molecule has 6 rings (SSSR count). The normalized spacial score (nSPS) is 26.3. The predicted octanol–water partition coefficient (Wildman–Crippen LogP) is 5.25. The topological polar surface area (TPSA) is 77.0 Å². The van der Waals surface area contributed by atoms with Crippen LogP contribution in [0, 0.1) is 35.4 Å². The molecule has 35 heavy (non-hydrogen) atoms. The molecular formula is C25H22F4N4O2. The highest BCUT2D eigenvalue weighted by Gasteiger charge is 2.63. The molecule has 1 amide bonds. The first kappa shape index (κ1) is 22.2. The van der Waals surface area contributed by atoms with Crippen molar-refractivity contribution in [3.63, 3.8) is 0 Å². The first-order chi connectivity index (χ1) is 16.8. The highest BCUT2D eigenvalue weighted by atomic mass is 19.4. The molecule has 3 aromatic rings. The fourth-order valence-electron chi connectivity index (χ4n) is 5.77. The average molecular weight is 486 g/mol. The van der Waals surface area contributed by atoms with Crippen molar-refractivity contribution in [1.82, 2.24) is 15.0 Å². The number of benzene rings is 1. The van der Waals surface area contributed by atoms with Crippen molar-refractivity contribution in [2.75, 3.05) is 5.32 Å². The molecule has 0 saturated heterocycles. The lowest BCUT2D eigenvalue weighted by atomic mass is 9.91. The molecule has 1 N–H and O–H groups in total. The van der Waals surface area contributed by atoms with Gasteiger partial charge in [0.1, 0.15) is 11.6 Å². The van der Waals surface area contributed by atoms with Gasteiger partial charge in [-0.3, -0.25) is 9.78 Å². The van der Waals surface area contributed by atoms with Crippen molar-refractivity contribution in [1.29, 1.82) is 0 Å². The maximum Gasteiger partial charge on any atom is 0.451 e. The van der Waals surface area contributed by atoms with Crippen molar-refractivity contribution in [3.05, 3.63) is 54.5 Å². The van der Waals surface area contributed by atoms with E-state index in [9.17, 15) is 22.4 Å². The van der Waals surface area contributed by atoms with Gasteiger partial charge in [0.05, 0.1) is 29.7 Å². The summed E-state index contributed by atoms with van der Waals surface area (Å²) in [5, 5.41) is 3.36. The van der Waals surface area contributed by atoms with Gasteiger partial charge in [-0.15, -0.1) is 0 Å². The molecule has 3 fully saturated rings. The van der Waals surface area contributed by atoms with Crippen LogP contribution in [0.25, 0.3) is 10.9 Å². The Bertz CT molecular complexity index is 1270. The van der Waals surface area contributed by atoms with E-state index in [1.54, 1.807) is 18.3 Å². The summed E-state index contributed by atoms with van der Waals surface area (Å²) in [7, 11) is 0. The standard InChI is InChI=1S/C25H22F4N4O2/c26-13-3-4-19-18(7-13)20(5-6-30-19)35-15-8-16-17(9-15)22(16)21(12-1-2-12)23(34)33-14-10-31-24(32-11-14)25(27,28)29/h3-7,10-12,15-17,21-22H,1-2,8-9H2,(H,33,34)/t15-,16-,17+,21?,22+. The Hall–Kier alpha value is -3.30. The monoisotopic (exact) mass is 486 g/mol. The van der Waals surface area contributed by atoms with Gasteiger partial charge >= 0.3 is 6.18 Å². The van der Waals surface area contributed by atoms with Crippen molar-refractivity contribution >= 4 is 22.5 Å². The molecule has 0 radical (unpaired) electrons. The summed E-state index contributed by atoms with van der Waals surface area (Å²) in [5.41, 5.74) is 0.833. The molecule has 1 aromatic carbocycles. The highest BCUT2D eigenvalue weighted by Crippen LogP contribution is 2.64. The number of alkyl halides is 3. The summed E-state index contributed by atoms with van der Waals surface area (Å²) in [6, 6.07) is 6.17. The molecule has 1 unspecified atom stereocenters. The first-order valence-electron chi connectivity index (χ1n) is 11.7. The summed E-state index contributed by atoms with van der Waals surface area (Å²) in [6.45, 7) is 0. The Kier molecular flexibility index (Phi) is 5.16. The lowest BCUT2D eigenvalue weighted by molar-refractivity contribution is -0.144. The second-order valence-corrected chi connectivity index (χ2v) is 9.73. The van der Waals surface area contributed by atoms with E-state index in [0.29, 0.717) is 34.4 Å². The van der Waals surface area contributed by atoms with Crippen LogP contribution in [0.4, 0.5) is 23.2 Å². The van der Waals surface area contributed by atoms with Crippen molar-refractivity contribution in [2.24, 2.45) is 29.6 Å². The van der Waals surface area contributed by atoms with Crippen LogP contribution in [0.2, 0.25) is 0 Å². The summed E-state index contributed by atoms with van der Waals surface area (Å²) in [4.78, 5) is 24.0. The van der Waals surface area contributed by atoms with Crippen LogP contribution in [0.1, 0.15) is 31.5 Å². The predicted molar refractivity (Wildman–Crippen MR) is 118 cm³/mol.